The van der Waals surface area contributed by atoms with E-state index in [1.807, 2.05) is 0 Å². The Labute approximate surface area is 148 Å². The summed E-state index contributed by atoms with van der Waals surface area (Å²) in [5.41, 5.74) is 1.00. The van der Waals surface area contributed by atoms with Gasteiger partial charge in [0, 0.05) is 15.7 Å². The summed E-state index contributed by atoms with van der Waals surface area (Å²) >= 11 is 3.25. The van der Waals surface area contributed by atoms with Gasteiger partial charge in [0.1, 0.15) is 0 Å². The van der Waals surface area contributed by atoms with Gasteiger partial charge in [-0.3, -0.25) is 9.52 Å². The Balaban J connectivity index is 1.96. The molecule has 0 bridgehead atoms. The number of anilines is 1. The smallest absolute Gasteiger partial charge is 0.338 e. The normalized spacial score (nSPS) is 10.9. The van der Waals surface area contributed by atoms with Gasteiger partial charge in [-0.05, 0) is 42.5 Å². The molecule has 0 fully saturated rings. The van der Waals surface area contributed by atoms with Gasteiger partial charge in [0.2, 0.25) is 10.0 Å². The van der Waals surface area contributed by atoms with Gasteiger partial charge in [-0.15, -0.1) is 0 Å². The predicted octanol–water partition coefficient (Wildman–Crippen LogP) is 2.86. The Morgan fingerprint density at radius 2 is 1.75 bits per heavy atom. The van der Waals surface area contributed by atoms with Gasteiger partial charge in [0.05, 0.1) is 11.8 Å². The van der Waals surface area contributed by atoms with Crippen LogP contribution in [0, 0.1) is 0 Å². The van der Waals surface area contributed by atoms with Gasteiger partial charge in [0.25, 0.3) is 0 Å². The maximum Gasteiger partial charge on any atom is 0.338 e. The first-order valence-corrected chi connectivity index (χ1v) is 9.47. The van der Waals surface area contributed by atoms with Crippen LogP contribution < -0.4 is 4.72 Å². The van der Waals surface area contributed by atoms with Crippen molar-refractivity contribution in [2.75, 3.05) is 17.6 Å². The summed E-state index contributed by atoms with van der Waals surface area (Å²) in [6.07, 6.45) is 1.04. The minimum Gasteiger partial charge on any atom is -0.454 e. The first-order chi connectivity index (χ1) is 11.2. The first-order valence-electron chi connectivity index (χ1n) is 6.78. The van der Waals surface area contributed by atoms with Gasteiger partial charge in [-0.2, -0.15) is 0 Å². The molecule has 0 radical (unpaired) electrons. The number of nitrogens with one attached hydrogen (secondary N) is 1. The third-order valence-electron chi connectivity index (χ3n) is 2.90. The van der Waals surface area contributed by atoms with Crippen molar-refractivity contribution >= 4 is 43.4 Å². The van der Waals surface area contributed by atoms with E-state index in [0.717, 1.165) is 10.7 Å². The minimum absolute atomic E-state index is 0.316. The number of carbonyl (C=O) groups is 2. The molecule has 0 spiro atoms. The number of halogens is 1. The second kappa shape index (κ2) is 7.59. The van der Waals surface area contributed by atoms with Crippen LogP contribution in [0.1, 0.15) is 20.7 Å². The molecule has 2 aromatic rings. The highest BCUT2D eigenvalue weighted by atomic mass is 79.9. The van der Waals surface area contributed by atoms with E-state index in [1.165, 1.54) is 24.3 Å². The zero-order chi connectivity index (χ0) is 17.7. The van der Waals surface area contributed by atoms with E-state index in [1.54, 1.807) is 24.3 Å². The molecule has 6 nitrogen and oxygen atoms in total. The molecule has 0 unspecified atom stereocenters. The SMILES string of the molecule is CS(=O)(=O)Nc1ccc(C(=O)COC(=O)c2cccc(Br)c2)cc1. The molecule has 0 saturated carbocycles. The van der Waals surface area contributed by atoms with Crippen molar-refractivity contribution < 1.29 is 22.7 Å². The Kier molecular flexibility index (Phi) is 5.74. The van der Waals surface area contributed by atoms with Crippen LogP contribution in [-0.4, -0.2) is 33.0 Å². The summed E-state index contributed by atoms with van der Waals surface area (Å²) in [6, 6.07) is 12.5. The van der Waals surface area contributed by atoms with E-state index < -0.39 is 22.6 Å². The zero-order valence-electron chi connectivity index (χ0n) is 12.7. The van der Waals surface area contributed by atoms with E-state index in [2.05, 4.69) is 20.7 Å². The summed E-state index contributed by atoms with van der Waals surface area (Å²) in [4.78, 5) is 23.9. The van der Waals surface area contributed by atoms with Gasteiger partial charge < -0.3 is 4.74 Å². The minimum atomic E-state index is -3.37. The Bertz CT molecular complexity index is 862. The molecule has 0 aliphatic heterocycles. The highest BCUT2D eigenvalue weighted by Crippen LogP contribution is 2.14. The van der Waals surface area contributed by atoms with E-state index in [4.69, 9.17) is 4.74 Å². The summed E-state index contributed by atoms with van der Waals surface area (Å²) in [5, 5.41) is 0. The number of esters is 1. The van der Waals surface area contributed by atoms with Crippen molar-refractivity contribution in [2.45, 2.75) is 0 Å². The number of hydrogen-bond donors (Lipinski definition) is 1. The maximum atomic E-state index is 12.0. The van der Waals surface area contributed by atoms with Crippen LogP contribution in [0.2, 0.25) is 0 Å². The number of hydrogen-bond acceptors (Lipinski definition) is 5. The standard InChI is InChI=1S/C16H14BrNO5S/c1-24(21,22)18-14-7-5-11(6-8-14)15(19)10-23-16(20)12-3-2-4-13(17)9-12/h2-9,18H,10H2,1H3. The average molecular weight is 412 g/mol. The quantitative estimate of drug-likeness (QED) is 0.582. The fraction of sp³-hybridized carbons (Fsp3) is 0.125. The molecule has 0 aromatic heterocycles. The number of benzene rings is 2. The second-order valence-electron chi connectivity index (χ2n) is 4.96. The number of rotatable bonds is 6. The van der Waals surface area contributed by atoms with Gasteiger partial charge >= 0.3 is 5.97 Å². The Morgan fingerprint density at radius 3 is 2.33 bits per heavy atom. The summed E-state index contributed by atoms with van der Waals surface area (Å²) in [6.45, 7) is -0.399. The Morgan fingerprint density at radius 1 is 1.08 bits per heavy atom. The fourth-order valence-corrected chi connectivity index (χ4v) is 2.81. The molecule has 2 rings (SSSR count). The number of ether oxygens (including phenoxy) is 1. The third-order valence-corrected chi connectivity index (χ3v) is 4.00. The fourth-order valence-electron chi connectivity index (χ4n) is 1.85. The average Bonchev–Trinajstić information content (AvgIpc) is 2.51. The molecule has 126 valence electrons. The van der Waals surface area contributed by atoms with E-state index in [9.17, 15) is 18.0 Å². The van der Waals surface area contributed by atoms with E-state index in [-0.39, 0.29) is 5.78 Å². The molecule has 24 heavy (non-hydrogen) atoms. The number of Topliss-reactive ketones (excluding diaryl/α,β-unsaturated/α-hetero) is 1. The second-order valence-corrected chi connectivity index (χ2v) is 7.63. The lowest BCUT2D eigenvalue weighted by molar-refractivity contribution is 0.0474. The van der Waals surface area contributed by atoms with Crippen molar-refractivity contribution in [3.63, 3.8) is 0 Å². The van der Waals surface area contributed by atoms with Crippen LogP contribution in [0.15, 0.2) is 53.0 Å². The molecular weight excluding hydrogens is 398 g/mol. The summed E-state index contributed by atoms with van der Waals surface area (Å²) < 4.78 is 30.3. The molecule has 0 aliphatic rings. The van der Waals surface area contributed by atoms with Crippen molar-refractivity contribution in [3.05, 3.63) is 64.1 Å². The molecule has 0 saturated heterocycles. The van der Waals surface area contributed by atoms with Crippen LogP contribution in [0.3, 0.4) is 0 Å². The molecule has 0 heterocycles. The van der Waals surface area contributed by atoms with Crippen LogP contribution in [-0.2, 0) is 14.8 Å². The molecule has 0 aliphatic carbocycles. The molecule has 0 atom stereocenters. The highest BCUT2D eigenvalue weighted by Gasteiger charge is 2.12. The van der Waals surface area contributed by atoms with E-state index in [0.29, 0.717) is 16.8 Å². The van der Waals surface area contributed by atoms with Crippen molar-refractivity contribution in [1.29, 1.82) is 0 Å². The zero-order valence-corrected chi connectivity index (χ0v) is 15.1. The van der Waals surface area contributed by atoms with Gasteiger partial charge in [-0.1, -0.05) is 22.0 Å². The van der Waals surface area contributed by atoms with Crippen molar-refractivity contribution in [3.8, 4) is 0 Å². The van der Waals surface area contributed by atoms with Crippen LogP contribution in [0.25, 0.3) is 0 Å². The van der Waals surface area contributed by atoms with Crippen molar-refractivity contribution in [1.82, 2.24) is 0 Å². The monoisotopic (exact) mass is 411 g/mol. The highest BCUT2D eigenvalue weighted by molar-refractivity contribution is 9.10. The lowest BCUT2D eigenvalue weighted by atomic mass is 10.1. The Hall–Kier alpha value is -2.19. The van der Waals surface area contributed by atoms with Gasteiger partial charge in [0.15, 0.2) is 12.4 Å². The summed E-state index contributed by atoms with van der Waals surface area (Å²) in [5.74, 6) is -0.982. The van der Waals surface area contributed by atoms with Crippen LogP contribution >= 0.6 is 15.9 Å². The number of ketones is 1. The largest absolute Gasteiger partial charge is 0.454 e. The molecule has 8 heteroatoms. The van der Waals surface area contributed by atoms with Crippen LogP contribution in [0.4, 0.5) is 5.69 Å². The maximum absolute atomic E-state index is 12.0. The number of carbonyl (C=O) groups excluding carboxylic acids is 2. The topological polar surface area (TPSA) is 89.5 Å². The first kappa shape index (κ1) is 18.2. The third kappa shape index (κ3) is 5.47. The molecule has 1 N–H and O–H groups in total. The molecule has 0 amide bonds. The predicted molar refractivity (Wildman–Crippen MR) is 93.7 cm³/mol. The van der Waals surface area contributed by atoms with Crippen LogP contribution in [0.5, 0.6) is 0 Å². The van der Waals surface area contributed by atoms with Gasteiger partial charge in [-0.25, -0.2) is 13.2 Å². The molecular formula is C16H14BrNO5S. The van der Waals surface area contributed by atoms with Crippen molar-refractivity contribution in [2.24, 2.45) is 0 Å². The number of sulfonamides is 1. The van der Waals surface area contributed by atoms with E-state index >= 15 is 0 Å². The summed E-state index contributed by atoms with van der Waals surface area (Å²) in [7, 11) is -3.37. The lowest BCUT2D eigenvalue weighted by Gasteiger charge is -2.06. The molecule has 2 aromatic carbocycles. The lowest BCUT2D eigenvalue weighted by Crippen LogP contribution is -2.14.